The van der Waals surface area contributed by atoms with E-state index in [1.54, 1.807) is 0 Å². The summed E-state index contributed by atoms with van der Waals surface area (Å²) in [6, 6.07) is 11.5. The molecule has 1 fully saturated rings. The highest BCUT2D eigenvalue weighted by molar-refractivity contribution is 6.32. The predicted molar refractivity (Wildman–Crippen MR) is 131 cm³/mol. The first-order chi connectivity index (χ1) is 15.6. The summed E-state index contributed by atoms with van der Waals surface area (Å²) in [6.07, 6.45) is 1.22. The van der Waals surface area contributed by atoms with Gasteiger partial charge >= 0.3 is 0 Å². The topological polar surface area (TPSA) is 71.0 Å². The SMILES string of the molecule is Cc1cc(OCC2(O)CCN(CC(=O)NCc3cccc(OC(C)C)c3)CC2)cc(C)c1Cl. The average Bonchev–Trinajstić information content (AvgIpc) is 2.76. The van der Waals surface area contributed by atoms with Crippen LogP contribution in [0, 0.1) is 13.8 Å². The fourth-order valence-electron chi connectivity index (χ4n) is 3.94. The van der Waals surface area contributed by atoms with Gasteiger partial charge in [0.15, 0.2) is 0 Å². The highest BCUT2D eigenvalue weighted by atomic mass is 35.5. The van der Waals surface area contributed by atoms with Crippen LogP contribution in [0.3, 0.4) is 0 Å². The van der Waals surface area contributed by atoms with Crippen LogP contribution < -0.4 is 14.8 Å². The van der Waals surface area contributed by atoms with Crippen molar-refractivity contribution in [3.8, 4) is 11.5 Å². The maximum atomic E-state index is 12.4. The molecule has 0 aliphatic carbocycles. The number of benzene rings is 2. The molecule has 2 aromatic carbocycles. The largest absolute Gasteiger partial charge is 0.491 e. The molecule has 0 radical (unpaired) electrons. The Kier molecular flexibility index (Phi) is 8.63. The second kappa shape index (κ2) is 11.2. The van der Waals surface area contributed by atoms with Crippen LogP contribution in [0.5, 0.6) is 11.5 Å². The van der Waals surface area contributed by atoms with Gasteiger partial charge in [0.2, 0.25) is 5.91 Å². The van der Waals surface area contributed by atoms with Gasteiger partial charge < -0.3 is 19.9 Å². The van der Waals surface area contributed by atoms with Crippen LogP contribution in [0.1, 0.15) is 43.4 Å². The van der Waals surface area contributed by atoms with Crippen molar-refractivity contribution in [1.29, 1.82) is 0 Å². The fourth-order valence-corrected chi connectivity index (χ4v) is 4.05. The molecular formula is C26H35ClN2O4. The zero-order valence-corrected chi connectivity index (χ0v) is 20.7. The minimum atomic E-state index is -0.898. The number of nitrogens with one attached hydrogen (secondary N) is 1. The predicted octanol–water partition coefficient (Wildman–Crippen LogP) is 4.27. The van der Waals surface area contributed by atoms with Gasteiger partial charge in [-0.2, -0.15) is 0 Å². The first kappa shape index (κ1) is 25.3. The van der Waals surface area contributed by atoms with Crippen molar-refractivity contribution in [2.45, 2.75) is 58.8 Å². The number of halogens is 1. The highest BCUT2D eigenvalue weighted by Crippen LogP contribution is 2.28. The summed E-state index contributed by atoms with van der Waals surface area (Å²) in [5.41, 5.74) is 2.02. The number of aliphatic hydroxyl groups is 1. The lowest BCUT2D eigenvalue weighted by Gasteiger charge is -2.37. The van der Waals surface area contributed by atoms with E-state index in [0.29, 0.717) is 44.8 Å². The van der Waals surface area contributed by atoms with Crippen LogP contribution in [0.2, 0.25) is 5.02 Å². The summed E-state index contributed by atoms with van der Waals surface area (Å²) >= 11 is 6.22. The number of hydrogen-bond donors (Lipinski definition) is 2. The third-order valence-corrected chi connectivity index (χ3v) is 6.43. The number of rotatable bonds is 9. The second-order valence-corrected chi connectivity index (χ2v) is 9.63. The summed E-state index contributed by atoms with van der Waals surface area (Å²) < 4.78 is 11.6. The molecule has 0 atom stereocenters. The molecule has 0 spiro atoms. The third kappa shape index (κ3) is 7.63. The van der Waals surface area contributed by atoms with Gasteiger partial charge in [-0.25, -0.2) is 0 Å². The van der Waals surface area contributed by atoms with E-state index in [1.807, 2.05) is 64.1 Å². The smallest absolute Gasteiger partial charge is 0.234 e. The van der Waals surface area contributed by atoms with Crippen molar-refractivity contribution in [2.24, 2.45) is 0 Å². The van der Waals surface area contributed by atoms with E-state index in [1.165, 1.54) is 0 Å². The minimum absolute atomic E-state index is 0.0287. The summed E-state index contributed by atoms with van der Waals surface area (Å²) in [4.78, 5) is 14.5. The van der Waals surface area contributed by atoms with Crippen LogP contribution in [-0.2, 0) is 11.3 Å². The van der Waals surface area contributed by atoms with Gasteiger partial charge in [-0.3, -0.25) is 9.69 Å². The van der Waals surface area contributed by atoms with Crippen LogP contribution in [0.4, 0.5) is 0 Å². The minimum Gasteiger partial charge on any atom is -0.491 e. The van der Waals surface area contributed by atoms with Gasteiger partial charge in [0.25, 0.3) is 0 Å². The fraction of sp³-hybridized carbons (Fsp3) is 0.500. The first-order valence-electron chi connectivity index (χ1n) is 11.5. The summed E-state index contributed by atoms with van der Waals surface area (Å²) in [6.45, 7) is 10.1. The quantitative estimate of drug-likeness (QED) is 0.568. The van der Waals surface area contributed by atoms with Crippen LogP contribution in [0.15, 0.2) is 36.4 Å². The molecule has 1 heterocycles. The second-order valence-electron chi connectivity index (χ2n) is 9.25. The summed E-state index contributed by atoms with van der Waals surface area (Å²) in [5, 5.41) is 14.6. The standard InChI is InChI=1S/C26H35ClN2O4/c1-18(2)33-22-7-5-6-21(14-22)15-28-24(30)16-29-10-8-26(31,9-11-29)17-32-23-12-19(3)25(27)20(4)13-23/h5-7,12-14,18,31H,8-11,15-17H2,1-4H3,(H,28,30). The van der Waals surface area contributed by atoms with Crippen LogP contribution in [-0.4, -0.2) is 53.9 Å². The van der Waals surface area contributed by atoms with E-state index in [9.17, 15) is 9.90 Å². The van der Waals surface area contributed by atoms with Crippen molar-refractivity contribution in [2.75, 3.05) is 26.2 Å². The lowest BCUT2D eigenvalue weighted by molar-refractivity contribution is -0.124. The molecule has 6 nitrogen and oxygen atoms in total. The van der Waals surface area contributed by atoms with Crippen molar-refractivity contribution < 1.29 is 19.4 Å². The van der Waals surface area contributed by atoms with E-state index >= 15 is 0 Å². The Morgan fingerprint density at radius 1 is 1.15 bits per heavy atom. The molecule has 33 heavy (non-hydrogen) atoms. The number of amides is 1. The van der Waals surface area contributed by atoms with Crippen LogP contribution in [0.25, 0.3) is 0 Å². The van der Waals surface area contributed by atoms with Crippen molar-refractivity contribution >= 4 is 17.5 Å². The Morgan fingerprint density at radius 3 is 2.45 bits per heavy atom. The monoisotopic (exact) mass is 474 g/mol. The molecule has 2 aromatic rings. The number of nitrogens with zero attached hydrogens (tertiary/aromatic N) is 1. The van der Waals surface area contributed by atoms with Gasteiger partial charge in [0.1, 0.15) is 23.7 Å². The van der Waals surface area contributed by atoms with Gasteiger partial charge in [-0.15, -0.1) is 0 Å². The Labute approximate surface area is 201 Å². The molecule has 7 heteroatoms. The zero-order valence-electron chi connectivity index (χ0n) is 20.0. The van der Waals surface area contributed by atoms with E-state index in [4.69, 9.17) is 21.1 Å². The zero-order chi connectivity index (χ0) is 24.0. The molecule has 2 N–H and O–H groups in total. The van der Waals surface area contributed by atoms with Gasteiger partial charge in [0, 0.05) is 24.7 Å². The Bertz CT molecular complexity index is 932. The molecule has 1 aliphatic rings. The third-order valence-electron chi connectivity index (χ3n) is 5.83. The Balaban J connectivity index is 1.42. The van der Waals surface area contributed by atoms with Gasteiger partial charge in [-0.1, -0.05) is 23.7 Å². The summed E-state index contributed by atoms with van der Waals surface area (Å²) in [5.74, 6) is 1.49. The molecule has 0 aromatic heterocycles. The number of ether oxygens (including phenoxy) is 2. The van der Waals surface area contributed by atoms with Crippen molar-refractivity contribution in [3.63, 3.8) is 0 Å². The van der Waals surface area contributed by atoms with E-state index in [0.717, 1.165) is 27.5 Å². The number of aryl methyl sites for hydroxylation is 2. The molecule has 0 unspecified atom stereocenters. The lowest BCUT2D eigenvalue weighted by Crippen LogP contribution is -2.50. The number of hydrogen-bond acceptors (Lipinski definition) is 5. The molecule has 1 aliphatic heterocycles. The van der Waals surface area contributed by atoms with Gasteiger partial charge in [-0.05, 0) is 81.5 Å². The maximum Gasteiger partial charge on any atom is 0.234 e. The summed E-state index contributed by atoms with van der Waals surface area (Å²) in [7, 11) is 0. The average molecular weight is 475 g/mol. The molecule has 3 rings (SSSR count). The number of likely N-dealkylation sites (tertiary alicyclic amines) is 1. The van der Waals surface area contributed by atoms with Gasteiger partial charge in [0.05, 0.1) is 12.6 Å². The normalized spacial score (nSPS) is 16.0. The molecule has 180 valence electrons. The lowest BCUT2D eigenvalue weighted by atomic mass is 9.92. The van der Waals surface area contributed by atoms with Crippen molar-refractivity contribution in [1.82, 2.24) is 10.2 Å². The molecule has 0 bridgehead atoms. The van der Waals surface area contributed by atoms with Crippen LogP contribution >= 0.6 is 11.6 Å². The molecule has 0 saturated carbocycles. The molecule has 1 amide bonds. The highest BCUT2D eigenvalue weighted by Gasteiger charge is 2.33. The van der Waals surface area contributed by atoms with E-state index < -0.39 is 5.60 Å². The van der Waals surface area contributed by atoms with E-state index in [2.05, 4.69) is 10.2 Å². The molecule has 1 saturated heterocycles. The number of piperidine rings is 1. The maximum absolute atomic E-state index is 12.4. The van der Waals surface area contributed by atoms with E-state index in [-0.39, 0.29) is 18.6 Å². The number of carbonyl (C=O) groups is 1. The Morgan fingerprint density at radius 2 is 1.82 bits per heavy atom. The molecular weight excluding hydrogens is 440 g/mol. The number of carbonyl (C=O) groups excluding carboxylic acids is 1. The van der Waals surface area contributed by atoms with Crippen molar-refractivity contribution in [3.05, 3.63) is 58.1 Å². The Hall–Kier alpha value is -2.28. The first-order valence-corrected chi connectivity index (χ1v) is 11.9.